The summed E-state index contributed by atoms with van der Waals surface area (Å²) in [6.07, 6.45) is 9.75. The molecular weight excluding hydrogens is 254 g/mol. The van der Waals surface area contributed by atoms with Crippen LogP contribution in [-0.2, 0) is 4.79 Å². The van der Waals surface area contributed by atoms with E-state index in [1.54, 1.807) is 30.6 Å². The fourth-order valence-corrected chi connectivity index (χ4v) is 1.42. The standard InChI is InChI=1S/C14H11N5O/c15-5-1-2-14-17-9-12(19-14)4-3-11-6-13(18-10-20)8-16-7-11/h1-2,5-10,15H,(H,17,19)(H,18,20)/b2-1-,15-5?. The number of nitrogens with one attached hydrogen (secondary N) is 3. The average Bonchev–Trinajstić information content (AvgIpc) is 2.92. The van der Waals surface area contributed by atoms with E-state index in [1.807, 2.05) is 0 Å². The van der Waals surface area contributed by atoms with Gasteiger partial charge in [-0.05, 0) is 24.1 Å². The first-order valence-electron chi connectivity index (χ1n) is 5.71. The second kappa shape index (κ2) is 6.66. The van der Waals surface area contributed by atoms with Crippen LogP contribution in [0.2, 0.25) is 0 Å². The van der Waals surface area contributed by atoms with Gasteiger partial charge in [0.05, 0.1) is 18.1 Å². The summed E-state index contributed by atoms with van der Waals surface area (Å²) in [6.45, 7) is 0. The molecule has 0 spiro atoms. The number of hydrogen-bond acceptors (Lipinski definition) is 4. The van der Waals surface area contributed by atoms with E-state index in [1.165, 1.54) is 12.4 Å². The minimum atomic E-state index is 0.588. The van der Waals surface area contributed by atoms with Crippen molar-refractivity contribution in [3.63, 3.8) is 0 Å². The predicted molar refractivity (Wildman–Crippen MR) is 76.3 cm³/mol. The van der Waals surface area contributed by atoms with Gasteiger partial charge in [0.1, 0.15) is 11.5 Å². The molecular formula is C14H11N5O. The molecule has 2 rings (SSSR count). The molecule has 2 heterocycles. The van der Waals surface area contributed by atoms with Crippen LogP contribution in [0.3, 0.4) is 0 Å². The van der Waals surface area contributed by atoms with E-state index in [0.717, 1.165) is 0 Å². The number of allylic oxidation sites excluding steroid dienone is 1. The number of aromatic nitrogens is 3. The number of amides is 1. The third-order valence-corrected chi connectivity index (χ3v) is 2.25. The van der Waals surface area contributed by atoms with E-state index >= 15 is 0 Å². The summed E-state index contributed by atoms with van der Waals surface area (Å²) in [5.74, 6) is 6.46. The maximum absolute atomic E-state index is 10.3. The van der Waals surface area contributed by atoms with Gasteiger partial charge in [-0.15, -0.1) is 0 Å². The molecule has 0 aromatic carbocycles. The second-order valence-corrected chi connectivity index (χ2v) is 3.68. The highest BCUT2D eigenvalue weighted by atomic mass is 16.1. The van der Waals surface area contributed by atoms with Crippen LogP contribution in [0.5, 0.6) is 0 Å². The number of pyridine rings is 1. The predicted octanol–water partition coefficient (Wildman–Crippen LogP) is 1.44. The summed E-state index contributed by atoms with van der Waals surface area (Å²) in [6, 6.07) is 1.72. The van der Waals surface area contributed by atoms with Crippen molar-refractivity contribution >= 4 is 24.4 Å². The van der Waals surface area contributed by atoms with Crippen molar-refractivity contribution in [2.24, 2.45) is 0 Å². The lowest BCUT2D eigenvalue weighted by molar-refractivity contribution is -0.105. The van der Waals surface area contributed by atoms with Crippen LogP contribution >= 0.6 is 0 Å². The summed E-state index contributed by atoms with van der Waals surface area (Å²) in [5.41, 5.74) is 1.93. The summed E-state index contributed by atoms with van der Waals surface area (Å²) >= 11 is 0. The van der Waals surface area contributed by atoms with Crippen LogP contribution in [-0.4, -0.2) is 27.6 Å². The fraction of sp³-hybridized carbons (Fsp3) is 0. The van der Waals surface area contributed by atoms with Crippen molar-refractivity contribution < 1.29 is 4.79 Å². The summed E-state index contributed by atoms with van der Waals surface area (Å²) in [7, 11) is 0. The van der Waals surface area contributed by atoms with Gasteiger partial charge in [0.25, 0.3) is 0 Å². The molecule has 2 aromatic heterocycles. The Bertz CT molecular complexity index is 706. The highest BCUT2D eigenvalue weighted by Crippen LogP contribution is 2.06. The normalized spacial score (nSPS) is 9.80. The number of hydrogen-bond donors (Lipinski definition) is 3. The van der Waals surface area contributed by atoms with E-state index in [-0.39, 0.29) is 0 Å². The molecule has 0 radical (unpaired) electrons. The molecule has 3 N–H and O–H groups in total. The topological polar surface area (TPSA) is 94.5 Å². The molecule has 6 nitrogen and oxygen atoms in total. The van der Waals surface area contributed by atoms with Crippen LogP contribution in [0.25, 0.3) is 6.08 Å². The van der Waals surface area contributed by atoms with Crippen molar-refractivity contribution in [3.8, 4) is 11.8 Å². The number of carbonyl (C=O) groups excluding carboxylic acids is 1. The Labute approximate surface area is 115 Å². The molecule has 1 amide bonds. The van der Waals surface area contributed by atoms with Crippen molar-refractivity contribution in [3.05, 3.63) is 47.8 Å². The minimum Gasteiger partial charge on any atom is -0.332 e. The Morgan fingerprint density at radius 3 is 3.00 bits per heavy atom. The number of H-pyrrole nitrogens is 1. The summed E-state index contributed by atoms with van der Waals surface area (Å²) in [5, 5.41) is 9.40. The van der Waals surface area contributed by atoms with Gasteiger partial charge in [-0.25, -0.2) is 4.98 Å². The summed E-state index contributed by atoms with van der Waals surface area (Å²) in [4.78, 5) is 21.4. The minimum absolute atomic E-state index is 0.588. The number of rotatable bonds is 4. The molecule has 0 fully saturated rings. The van der Waals surface area contributed by atoms with E-state index in [4.69, 9.17) is 5.41 Å². The maximum Gasteiger partial charge on any atom is 0.211 e. The van der Waals surface area contributed by atoms with Gasteiger partial charge < -0.3 is 15.7 Å². The molecule has 0 aliphatic rings. The molecule has 20 heavy (non-hydrogen) atoms. The van der Waals surface area contributed by atoms with Gasteiger partial charge in [0, 0.05) is 18.0 Å². The van der Waals surface area contributed by atoms with Gasteiger partial charge in [0.2, 0.25) is 6.41 Å². The lowest BCUT2D eigenvalue weighted by atomic mass is 10.2. The monoisotopic (exact) mass is 265 g/mol. The zero-order valence-corrected chi connectivity index (χ0v) is 10.4. The van der Waals surface area contributed by atoms with Crippen LogP contribution in [0.4, 0.5) is 5.69 Å². The molecule has 0 aliphatic heterocycles. The van der Waals surface area contributed by atoms with Crippen LogP contribution in [0, 0.1) is 17.3 Å². The second-order valence-electron chi connectivity index (χ2n) is 3.68. The molecule has 2 aromatic rings. The number of imidazole rings is 1. The van der Waals surface area contributed by atoms with Crippen LogP contribution in [0.15, 0.2) is 30.7 Å². The molecule has 0 saturated heterocycles. The zero-order chi connectivity index (χ0) is 14.2. The molecule has 0 bridgehead atoms. The quantitative estimate of drug-likeness (QED) is 0.443. The molecule has 0 atom stereocenters. The third-order valence-electron chi connectivity index (χ3n) is 2.25. The van der Waals surface area contributed by atoms with E-state index in [2.05, 4.69) is 32.1 Å². The molecule has 0 aliphatic carbocycles. The smallest absolute Gasteiger partial charge is 0.211 e. The number of carbonyl (C=O) groups is 1. The Morgan fingerprint density at radius 2 is 2.20 bits per heavy atom. The van der Waals surface area contributed by atoms with Crippen molar-refractivity contribution in [1.82, 2.24) is 15.0 Å². The first-order valence-corrected chi connectivity index (χ1v) is 5.71. The Balaban J connectivity index is 2.15. The number of nitrogens with zero attached hydrogens (tertiary/aromatic N) is 2. The summed E-state index contributed by atoms with van der Waals surface area (Å²) < 4.78 is 0. The fourth-order valence-electron chi connectivity index (χ4n) is 1.42. The Kier molecular flexibility index (Phi) is 4.41. The van der Waals surface area contributed by atoms with Crippen LogP contribution < -0.4 is 5.32 Å². The van der Waals surface area contributed by atoms with Crippen molar-refractivity contribution in [2.75, 3.05) is 5.32 Å². The first-order chi connectivity index (χ1) is 9.81. The van der Waals surface area contributed by atoms with Gasteiger partial charge >= 0.3 is 0 Å². The van der Waals surface area contributed by atoms with Gasteiger partial charge in [0.15, 0.2) is 0 Å². The highest BCUT2D eigenvalue weighted by molar-refractivity contribution is 5.74. The highest BCUT2D eigenvalue weighted by Gasteiger charge is 1.95. The first kappa shape index (κ1) is 13.2. The Morgan fingerprint density at radius 1 is 1.30 bits per heavy atom. The van der Waals surface area contributed by atoms with E-state index in [0.29, 0.717) is 29.2 Å². The SMILES string of the molecule is N=C/C=C\c1ncc(C#Cc2cncc(NC=O)c2)[nH]1. The molecule has 6 heteroatoms. The largest absolute Gasteiger partial charge is 0.332 e. The van der Waals surface area contributed by atoms with Gasteiger partial charge in [-0.3, -0.25) is 9.78 Å². The van der Waals surface area contributed by atoms with Crippen LogP contribution in [0.1, 0.15) is 17.1 Å². The number of anilines is 1. The van der Waals surface area contributed by atoms with E-state index < -0.39 is 0 Å². The zero-order valence-electron chi connectivity index (χ0n) is 10.4. The lowest BCUT2D eigenvalue weighted by Crippen LogP contribution is -1.94. The maximum atomic E-state index is 10.3. The molecule has 0 unspecified atom stereocenters. The third kappa shape index (κ3) is 3.65. The van der Waals surface area contributed by atoms with Gasteiger partial charge in [-0.1, -0.05) is 5.92 Å². The molecule has 98 valence electrons. The Hall–Kier alpha value is -3.20. The van der Waals surface area contributed by atoms with Crippen molar-refractivity contribution in [1.29, 1.82) is 5.41 Å². The van der Waals surface area contributed by atoms with Gasteiger partial charge in [-0.2, -0.15) is 0 Å². The average molecular weight is 265 g/mol. The van der Waals surface area contributed by atoms with E-state index in [9.17, 15) is 4.79 Å². The molecule has 0 saturated carbocycles. The lowest BCUT2D eigenvalue weighted by Gasteiger charge is -1.96. The number of aromatic amines is 1. The van der Waals surface area contributed by atoms with Crippen molar-refractivity contribution in [2.45, 2.75) is 0 Å².